The van der Waals surface area contributed by atoms with Crippen molar-refractivity contribution in [1.29, 1.82) is 0 Å². The number of nitrogens with one attached hydrogen (secondary N) is 2. The Morgan fingerprint density at radius 2 is 1.79 bits per heavy atom. The summed E-state index contributed by atoms with van der Waals surface area (Å²) in [5, 5.41) is 6.25. The van der Waals surface area contributed by atoms with Gasteiger partial charge in [0, 0.05) is 25.7 Å². The van der Waals surface area contributed by atoms with E-state index in [1.54, 1.807) is 0 Å². The summed E-state index contributed by atoms with van der Waals surface area (Å²) in [6, 6.07) is 0.481. The van der Waals surface area contributed by atoms with Crippen LogP contribution in [0, 0.1) is 5.92 Å². The van der Waals surface area contributed by atoms with Gasteiger partial charge in [-0.3, -0.25) is 4.79 Å². The fourth-order valence-electron chi connectivity index (χ4n) is 1.72. The molecule has 1 amide bonds. The molecule has 0 aliphatic heterocycles. The van der Waals surface area contributed by atoms with Crippen molar-refractivity contribution < 1.29 is 4.79 Å². The van der Waals surface area contributed by atoms with E-state index in [1.165, 1.54) is 0 Å². The first kappa shape index (κ1) is 18.4. The molecule has 4 nitrogen and oxygen atoms in total. The number of amides is 1. The SMILES string of the molecule is CCC(C)N(C)CCNC(C)C(=O)NCCC(C)C. The number of carbonyl (C=O) groups excluding carboxylic acids is 1. The minimum Gasteiger partial charge on any atom is -0.355 e. The molecule has 0 aliphatic carbocycles. The summed E-state index contributed by atoms with van der Waals surface area (Å²) < 4.78 is 0. The monoisotopic (exact) mass is 271 g/mol. The fraction of sp³-hybridized carbons (Fsp3) is 0.933. The molecular formula is C15H33N3O. The van der Waals surface area contributed by atoms with Gasteiger partial charge in [0.2, 0.25) is 5.91 Å². The second kappa shape index (κ2) is 10.2. The molecule has 0 aliphatic rings. The Hall–Kier alpha value is -0.610. The molecular weight excluding hydrogens is 238 g/mol. The lowest BCUT2D eigenvalue weighted by Crippen LogP contribution is -2.45. The van der Waals surface area contributed by atoms with E-state index in [1.807, 2.05) is 6.92 Å². The minimum absolute atomic E-state index is 0.104. The van der Waals surface area contributed by atoms with Crippen molar-refractivity contribution in [2.45, 2.75) is 59.5 Å². The van der Waals surface area contributed by atoms with E-state index in [2.05, 4.69) is 50.3 Å². The second-order valence-electron chi connectivity index (χ2n) is 5.89. The summed E-state index contributed by atoms with van der Waals surface area (Å²) in [6.45, 7) is 13.3. The Bertz CT molecular complexity index is 244. The number of hydrogen-bond donors (Lipinski definition) is 2. The van der Waals surface area contributed by atoms with E-state index in [0.717, 1.165) is 32.5 Å². The summed E-state index contributed by atoms with van der Waals surface area (Å²) in [5.74, 6) is 0.736. The molecule has 4 heteroatoms. The highest BCUT2D eigenvalue weighted by Crippen LogP contribution is 1.99. The molecule has 0 saturated heterocycles. The van der Waals surface area contributed by atoms with E-state index >= 15 is 0 Å². The normalized spacial score (nSPS) is 14.7. The molecule has 2 N–H and O–H groups in total. The summed E-state index contributed by atoms with van der Waals surface area (Å²) in [7, 11) is 2.13. The third kappa shape index (κ3) is 9.00. The number of nitrogens with zero attached hydrogens (tertiary/aromatic N) is 1. The Labute approximate surface area is 119 Å². The van der Waals surface area contributed by atoms with Crippen molar-refractivity contribution in [1.82, 2.24) is 15.5 Å². The molecule has 0 bridgehead atoms. The standard InChI is InChI=1S/C15H33N3O/c1-7-13(4)18(6)11-10-16-14(5)15(19)17-9-8-12(2)3/h12-14,16H,7-11H2,1-6H3,(H,17,19). The zero-order valence-corrected chi connectivity index (χ0v) is 13.6. The molecule has 0 fully saturated rings. The van der Waals surface area contributed by atoms with Crippen molar-refractivity contribution in [3.05, 3.63) is 0 Å². The van der Waals surface area contributed by atoms with Gasteiger partial charge in [-0.1, -0.05) is 20.8 Å². The summed E-state index contributed by atoms with van der Waals surface area (Å²) in [6.07, 6.45) is 2.19. The van der Waals surface area contributed by atoms with Crippen LogP contribution in [-0.2, 0) is 4.79 Å². The molecule has 19 heavy (non-hydrogen) atoms. The molecule has 0 radical (unpaired) electrons. The molecule has 0 spiro atoms. The van der Waals surface area contributed by atoms with Gasteiger partial charge < -0.3 is 15.5 Å². The van der Waals surface area contributed by atoms with Crippen LogP contribution >= 0.6 is 0 Å². The molecule has 2 unspecified atom stereocenters. The van der Waals surface area contributed by atoms with Gasteiger partial charge in [0.15, 0.2) is 0 Å². The van der Waals surface area contributed by atoms with E-state index in [4.69, 9.17) is 0 Å². The average molecular weight is 271 g/mol. The maximum absolute atomic E-state index is 11.8. The van der Waals surface area contributed by atoms with Gasteiger partial charge in [-0.2, -0.15) is 0 Å². The Morgan fingerprint density at radius 1 is 1.16 bits per heavy atom. The van der Waals surface area contributed by atoms with E-state index in [-0.39, 0.29) is 11.9 Å². The van der Waals surface area contributed by atoms with Crippen LogP contribution in [0.4, 0.5) is 0 Å². The van der Waals surface area contributed by atoms with E-state index < -0.39 is 0 Å². The highest BCUT2D eigenvalue weighted by atomic mass is 16.2. The van der Waals surface area contributed by atoms with Gasteiger partial charge in [-0.25, -0.2) is 0 Å². The number of carbonyl (C=O) groups is 1. The lowest BCUT2D eigenvalue weighted by Gasteiger charge is -2.24. The first-order valence-corrected chi connectivity index (χ1v) is 7.59. The van der Waals surface area contributed by atoms with E-state index in [0.29, 0.717) is 12.0 Å². The zero-order chi connectivity index (χ0) is 14.8. The predicted octanol–water partition coefficient (Wildman–Crippen LogP) is 1.86. The Kier molecular flexibility index (Phi) is 9.88. The van der Waals surface area contributed by atoms with Crippen LogP contribution in [0.25, 0.3) is 0 Å². The van der Waals surface area contributed by atoms with Gasteiger partial charge in [0.25, 0.3) is 0 Å². The van der Waals surface area contributed by atoms with E-state index in [9.17, 15) is 4.79 Å². The van der Waals surface area contributed by atoms with Gasteiger partial charge in [0.1, 0.15) is 0 Å². The Morgan fingerprint density at radius 3 is 2.32 bits per heavy atom. The van der Waals surface area contributed by atoms with Crippen LogP contribution in [0.2, 0.25) is 0 Å². The number of hydrogen-bond acceptors (Lipinski definition) is 3. The smallest absolute Gasteiger partial charge is 0.236 e. The van der Waals surface area contributed by atoms with Crippen molar-refractivity contribution in [3.8, 4) is 0 Å². The third-order valence-electron chi connectivity index (χ3n) is 3.67. The van der Waals surface area contributed by atoms with Crippen LogP contribution in [0.5, 0.6) is 0 Å². The van der Waals surface area contributed by atoms with Crippen LogP contribution in [0.15, 0.2) is 0 Å². The fourth-order valence-corrected chi connectivity index (χ4v) is 1.72. The highest BCUT2D eigenvalue weighted by molar-refractivity contribution is 5.81. The molecule has 0 rings (SSSR count). The molecule has 0 aromatic carbocycles. The lowest BCUT2D eigenvalue weighted by atomic mass is 10.1. The van der Waals surface area contributed by atoms with Gasteiger partial charge in [-0.15, -0.1) is 0 Å². The second-order valence-corrected chi connectivity index (χ2v) is 5.89. The predicted molar refractivity (Wildman–Crippen MR) is 82.3 cm³/mol. The summed E-state index contributed by atoms with van der Waals surface area (Å²) in [5.41, 5.74) is 0. The van der Waals surface area contributed by atoms with Gasteiger partial charge in [0.05, 0.1) is 6.04 Å². The van der Waals surface area contributed by atoms with Crippen LogP contribution in [-0.4, -0.2) is 49.6 Å². The summed E-state index contributed by atoms with van der Waals surface area (Å²) >= 11 is 0. The minimum atomic E-state index is -0.113. The van der Waals surface area contributed by atoms with Crippen molar-refractivity contribution in [2.24, 2.45) is 5.92 Å². The van der Waals surface area contributed by atoms with Gasteiger partial charge >= 0.3 is 0 Å². The number of rotatable bonds is 10. The van der Waals surface area contributed by atoms with Gasteiger partial charge in [-0.05, 0) is 39.7 Å². The molecule has 2 atom stereocenters. The molecule has 0 saturated carbocycles. The first-order chi connectivity index (χ1) is 8.88. The van der Waals surface area contributed by atoms with Crippen LogP contribution < -0.4 is 10.6 Å². The van der Waals surface area contributed by atoms with Crippen molar-refractivity contribution in [3.63, 3.8) is 0 Å². The summed E-state index contributed by atoms with van der Waals surface area (Å²) in [4.78, 5) is 14.1. The highest BCUT2D eigenvalue weighted by Gasteiger charge is 2.12. The average Bonchev–Trinajstić information content (AvgIpc) is 2.36. The largest absolute Gasteiger partial charge is 0.355 e. The van der Waals surface area contributed by atoms with Crippen molar-refractivity contribution >= 4 is 5.91 Å². The van der Waals surface area contributed by atoms with Crippen LogP contribution in [0.1, 0.15) is 47.5 Å². The zero-order valence-electron chi connectivity index (χ0n) is 13.6. The molecule has 0 aromatic heterocycles. The maximum Gasteiger partial charge on any atom is 0.236 e. The Balaban J connectivity index is 3.73. The molecule has 114 valence electrons. The lowest BCUT2D eigenvalue weighted by molar-refractivity contribution is -0.122. The quantitative estimate of drug-likeness (QED) is 0.637. The third-order valence-corrected chi connectivity index (χ3v) is 3.67. The molecule has 0 aromatic rings. The topological polar surface area (TPSA) is 44.4 Å². The maximum atomic E-state index is 11.8. The van der Waals surface area contributed by atoms with Crippen LogP contribution in [0.3, 0.4) is 0 Å². The molecule has 0 heterocycles. The van der Waals surface area contributed by atoms with Crippen molar-refractivity contribution in [2.75, 3.05) is 26.7 Å². The number of likely N-dealkylation sites (N-methyl/N-ethyl adjacent to an activating group) is 1. The first-order valence-electron chi connectivity index (χ1n) is 7.59.